The summed E-state index contributed by atoms with van der Waals surface area (Å²) >= 11 is 0. The number of hydrazone groups is 1. The molecule has 19 heavy (non-hydrogen) atoms. The first kappa shape index (κ1) is 13.5. The van der Waals surface area contributed by atoms with Gasteiger partial charge in [-0.1, -0.05) is 18.2 Å². The molecule has 0 radical (unpaired) electrons. The molecule has 102 valence electrons. The van der Waals surface area contributed by atoms with Crippen LogP contribution >= 0.6 is 0 Å². The van der Waals surface area contributed by atoms with Gasteiger partial charge in [-0.3, -0.25) is 4.79 Å². The van der Waals surface area contributed by atoms with Crippen LogP contribution in [0.5, 0.6) is 0 Å². The zero-order valence-corrected chi connectivity index (χ0v) is 10.7. The van der Waals surface area contributed by atoms with Crippen molar-refractivity contribution >= 4 is 12.1 Å². The number of hydrazine groups is 1. The molecule has 1 atom stereocenters. The van der Waals surface area contributed by atoms with Gasteiger partial charge in [-0.15, -0.1) is 5.10 Å². The van der Waals surface area contributed by atoms with E-state index in [1.54, 1.807) is 24.3 Å². The molecule has 0 aliphatic carbocycles. The first-order valence-corrected chi connectivity index (χ1v) is 6.26. The zero-order chi connectivity index (χ0) is 13.7. The van der Waals surface area contributed by atoms with E-state index in [1.807, 2.05) is 0 Å². The van der Waals surface area contributed by atoms with E-state index in [9.17, 15) is 4.79 Å². The van der Waals surface area contributed by atoms with Gasteiger partial charge < -0.3 is 10.5 Å². The van der Waals surface area contributed by atoms with Gasteiger partial charge in [0.2, 0.25) is 0 Å². The summed E-state index contributed by atoms with van der Waals surface area (Å²) in [6, 6.07) is 6.90. The fourth-order valence-corrected chi connectivity index (χ4v) is 1.95. The topological polar surface area (TPSA) is 93.9 Å². The van der Waals surface area contributed by atoms with Crippen LogP contribution in [0.4, 0.5) is 0 Å². The highest BCUT2D eigenvalue weighted by molar-refractivity contribution is 5.98. The summed E-state index contributed by atoms with van der Waals surface area (Å²) in [6.07, 6.45) is 3.48. The number of benzene rings is 1. The van der Waals surface area contributed by atoms with Crippen molar-refractivity contribution in [3.05, 3.63) is 35.4 Å². The van der Waals surface area contributed by atoms with E-state index in [0.29, 0.717) is 17.7 Å². The lowest BCUT2D eigenvalue weighted by Gasteiger charge is -2.28. The number of aldehydes is 1. The van der Waals surface area contributed by atoms with E-state index in [2.05, 4.69) is 5.10 Å². The monoisotopic (exact) mass is 262 g/mol. The van der Waals surface area contributed by atoms with Crippen molar-refractivity contribution in [2.75, 3.05) is 6.61 Å². The molecular formula is C13H18N4O2. The minimum absolute atomic E-state index is 0.235. The molecule has 0 bridgehead atoms. The lowest BCUT2D eigenvalue weighted by Crippen LogP contribution is -2.42. The molecule has 0 aromatic heterocycles. The SMILES string of the molecule is N/C(=N\N(N)C1CCCCO1)c1cccc(C=O)c1. The summed E-state index contributed by atoms with van der Waals surface area (Å²) in [6.45, 7) is 0.689. The molecular weight excluding hydrogens is 244 g/mol. The normalized spacial score (nSPS) is 20.1. The van der Waals surface area contributed by atoms with E-state index >= 15 is 0 Å². The highest BCUT2D eigenvalue weighted by atomic mass is 16.5. The second kappa shape index (κ2) is 6.31. The van der Waals surface area contributed by atoms with Crippen LogP contribution < -0.4 is 11.6 Å². The van der Waals surface area contributed by atoms with Crippen LogP contribution in [0.15, 0.2) is 29.4 Å². The van der Waals surface area contributed by atoms with Crippen LogP contribution in [0.3, 0.4) is 0 Å². The van der Waals surface area contributed by atoms with Gasteiger partial charge in [0.05, 0.1) is 0 Å². The minimum Gasteiger partial charge on any atom is -0.382 e. The molecule has 1 unspecified atom stereocenters. The maximum atomic E-state index is 10.7. The van der Waals surface area contributed by atoms with Crippen molar-refractivity contribution in [3.8, 4) is 0 Å². The fourth-order valence-electron chi connectivity index (χ4n) is 1.95. The Kier molecular flexibility index (Phi) is 4.48. The van der Waals surface area contributed by atoms with Gasteiger partial charge in [-0.25, -0.2) is 11.0 Å². The van der Waals surface area contributed by atoms with Crippen molar-refractivity contribution in [2.24, 2.45) is 16.7 Å². The van der Waals surface area contributed by atoms with Crippen molar-refractivity contribution in [3.63, 3.8) is 0 Å². The van der Waals surface area contributed by atoms with Crippen LogP contribution in [0.25, 0.3) is 0 Å². The lowest BCUT2D eigenvalue weighted by molar-refractivity contribution is -0.0864. The van der Waals surface area contributed by atoms with Gasteiger partial charge in [0.15, 0.2) is 12.1 Å². The van der Waals surface area contributed by atoms with Crippen molar-refractivity contribution in [2.45, 2.75) is 25.5 Å². The largest absolute Gasteiger partial charge is 0.382 e. The van der Waals surface area contributed by atoms with E-state index < -0.39 is 0 Å². The standard InChI is InChI=1S/C13H18N4O2/c14-13(11-5-3-4-10(8-11)9-18)16-17(15)12-6-1-2-7-19-12/h3-5,8-9,12H,1-2,6-7,15H2,(H2,14,16). The molecule has 1 aliphatic heterocycles. The third-order valence-electron chi connectivity index (χ3n) is 2.99. The summed E-state index contributed by atoms with van der Waals surface area (Å²) in [4.78, 5) is 10.7. The van der Waals surface area contributed by atoms with Gasteiger partial charge in [-0.2, -0.15) is 0 Å². The molecule has 1 aromatic carbocycles. The highest BCUT2D eigenvalue weighted by Crippen LogP contribution is 2.14. The third-order valence-corrected chi connectivity index (χ3v) is 2.99. The molecule has 4 N–H and O–H groups in total. The summed E-state index contributed by atoms with van der Waals surface area (Å²) in [5.41, 5.74) is 7.10. The number of rotatable bonds is 4. The summed E-state index contributed by atoms with van der Waals surface area (Å²) in [5, 5.41) is 5.36. The number of hydrogen-bond acceptors (Lipinski definition) is 5. The number of carbonyl (C=O) groups excluding carboxylic acids is 1. The maximum Gasteiger partial charge on any atom is 0.161 e. The maximum absolute atomic E-state index is 10.7. The number of nitrogens with zero attached hydrogens (tertiary/aromatic N) is 2. The molecule has 1 fully saturated rings. The second-order valence-electron chi connectivity index (χ2n) is 4.43. The Bertz CT molecular complexity index is 469. The number of amidine groups is 1. The molecule has 6 nitrogen and oxygen atoms in total. The molecule has 0 amide bonds. The quantitative estimate of drug-likeness (QED) is 0.275. The minimum atomic E-state index is -0.235. The number of ether oxygens (including phenoxy) is 1. The van der Waals surface area contributed by atoms with Crippen LogP contribution in [-0.2, 0) is 4.74 Å². The van der Waals surface area contributed by atoms with E-state index in [1.165, 1.54) is 5.12 Å². The van der Waals surface area contributed by atoms with Gasteiger partial charge in [-0.05, 0) is 25.3 Å². The van der Waals surface area contributed by atoms with E-state index in [4.69, 9.17) is 16.3 Å². The van der Waals surface area contributed by atoms with Gasteiger partial charge in [0.1, 0.15) is 6.29 Å². The first-order chi connectivity index (χ1) is 9.20. The Hall–Kier alpha value is -1.92. The Morgan fingerprint density at radius 1 is 1.47 bits per heavy atom. The van der Waals surface area contributed by atoms with Crippen molar-refractivity contribution < 1.29 is 9.53 Å². The number of hydrogen-bond donors (Lipinski definition) is 2. The summed E-state index contributed by atoms with van der Waals surface area (Å²) in [5.74, 6) is 6.09. The smallest absolute Gasteiger partial charge is 0.161 e. The average Bonchev–Trinajstić information content (AvgIpc) is 2.48. The third kappa shape index (κ3) is 3.52. The molecule has 1 saturated heterocycles. The van der Waals surface area contributed by atoms with E-state index in [0.717, 1.165) is 25.5 Å². The Balaban J connectivity index is 2.10. The average molecular weight is 262 g/mol. The van der Waals surface area contributed by atoms with Crippen molar-refractivity contribution in [1.82, 2.24) is 5.12 Å². The second-order valence-corrected chi connectivity index (χ2v) is 4.43. The number of nitrogens with two attached hydrogens (primary N) is 2. The molecule has 0 spiro atoms. The first-order valence-electron chi connectivity index (χ1n) is 6.26. The van der Waals surface area contributed by atoms with Gasteiger partial charge >= 0.3 is 0 Å². The predicted octanol–water partition coefficient (Wildman–Crippen LogP) is 0.822. The van der Waals surface area contributed by atoms with Crippen LogP contribution in [0, 0.1) is 0 Å². The highest BCUT2D eigenvalue weighted by Gasteiger charge is 2.18. The van der Waals surface area contributed by atoms with Crippen molar-refractivity contribution in [1.29, 1.82) is 0 Å². The Labute approximate surface area is 112 Å². The molecule has 6 heteroatoms. The fraction of sp³-hybridized carbons (Fsp3) is 0.385. The zero-order valence-electron chi connectivity index (χ0n) is 10.7. The van der Waals surface area contributed by atoms with E-state index in [-0.39, 0.29) is 12.1 Å². The predicted molar refractivity (Wildman–Crippen MR) is 72.2 cm³/mol. The van der Waals surface area contributed by atoms with Crippen LogP contribution in [0.1, 0.15) is 35.2 Å². The molecule has 1 aliphatic rings. The Morgan fingerprint density at radius 2 is 2.32 bits per heavy atom. The molecule has 2 rings (SSSR count). The lowest BCUT2D eigenvalue weighted by atomic mass is 10.1. The Morgan fingerprint density at radius 3 is 3.00 bits per heavy atom. The van der Waals surface area contributed by atoms with Gasteiger partial charge in [0.25, 0.3) is 0 Å². The summed E-state index contributed by atoms with van der Waals surface area (Å²) in [7, 11) is 0. The summed E-state index contributed by atoms with van der Waals surface area (Å²) < 4.78 is 5.50. The molecule has 1 heterocycles. The molecule has 1 aromatic rings. The van der Waals surface area contributed by atoms with Crippen LogP contribution in [-0.4, -0.2) is 30.1 Å². The molecule has 0 saturated carbocycles. The van der Waals surface area contributed by atoms with Gasteiger partial charge in [0, 0.05) is 17.7 Å². The number of carbonyl (C=O) groups is 1. The van der Waals surface area contributed by atoms with Crippen LogP contribution in [0.2, 0.25) is 0 Å².